The number of amides is 1. The van der Waals surface area contributed by atoms with Crippen molar-refractivity contribution in [2.24, 2.45) is 0 Å². The number of nitrogens with one attached hydrogen (secondary N) is 1. The fourth-order valence-corrected chi connectivity index (χ4v) is 4.00. The lowest BCUT2D eigenvalue weighted by molar-refractivity contribution is -0.252. The number of sulfonamides is 1. The Labute approximate surface area is 157 Å². The average molecular weight is 410 g/mol. The minimum Gasteiger partial charge on any atom is -0.380 e. The molecule has 0 saturated carbocycles. The summed E-state index contributed by atoms with van der Waals surface area (Å²) in [5, 5.41) is 11.7. The molecule has 0 bridgehead atoms. The number of alkyl halides is 3. The van der Waals surface area contributed by atoms with E-state index in [-0.39, 0.29) is 23.7 Å². The molecule has 0 aliphatic rings. The first-order chi connectivity index (χ1) is 12.2. The third-order valence-electron chi connectivity index (χ3n) is 4.37. The lowest BCUT2D eigenvalue weighted by Crippen LogP contribution is -2.44. The first-order valence-electron chi connectivity index (χ1n) is 8.37. The van der Waals surface area contributed by atoms with Crippen LogP contribution in [0.3, 0.4) is 0 Å². The zero-order valence-corrected chi connectivity index (χ0v) is 16.8. The number of hydrogen-bond donors (Lipinski definition) is 2. The second-order valence-corrected chi connectivity index (χ2v) is 8.44. The van der Waals surface area contributed by atoms with Gasteiger partial charge in [0, 0.05) is 18.8 Å². The second kappa shape index (κ2) is 8.15. The summed E-state index contributed by atoms with van der Waals surface area (Å²) >= 11 is 0. The van der Waals surface area contributed by atoms with Crippen molar-refractivity contribution in [1.29, 1.82) is 0 Å². The van der Waals surface area contributed by atoms with Crippen molar-refractivity contribution in [1.82, 2.24) is 4.31 Å². The van der Waals surface area contributed by atoms with Gasteiger partial charge in [0.15, 0.2) is 5.60 Å². The maximum Gasteiger partial charge on any atom is 0.417 e. The van der Waals surface area contributed by atoms with Gasteiger partial charge in [0.25, 0.3) is 0 Å². The molecule has 0 saturated heterocycles. The number of aliphatic hydroxyl groups is 1. The number of nitrogens with zero attached hydrogens (tertiary/aromatic N) is 1. The van der Waals surface area contributed by atoms with E-state index in [0.717, 1.165) is 0 Å². The summed E-state index contributed by atoms with van der Waals surface area (Å²) in [6.07, 6.45) is -6.18. The highest BCUT2D eigenvalue weighted by molar-refractivity contribution is 7.89. The Morgan fingerprint density at radius 2 is 1.70 bits per heavy atom. The molecule has 0 heterocycles. The van der Waals surface area contributed by atoms with E-state index < -0.39 is 34.1 Å². The van der Waals surface area contributed by atoms with Crippen LogP contribution >= 0.6 is 0 Å². The van der Waals surface area contributed by atoms with Gasteiger partial charge in [-0.3, -0.25) is 4.79 Å². The molecular formula is C17H25F3N2O4S. The maximum atomic E-state index is 12.7. The Kier molecular flexibility index (Phi) is 7.06. The number of aryl methyl sites for hydroxylation is 1. The Bertz CT molecular complexity index is 801. The van der Waals surface area contributed by atoms with Gasteiger partial charge in [-0.25, -0.2) is 8.42 Å². The van der Waals surface area contributed by atoms with E-state index in [1.165, 1.54) is 16.4 Å². The number of hydrogen-bond acceptors (Lipinski definition) is 4. The topological polar surface area (TPSA) is 86.7 Å². The van der Waals surface area contributed by atoms with Crippen LogP contribution in [0.15, 0.2) is 17.0 Å². The molecule has 1 atom stereocenters. The Balaban J connectivity index is 3.24. The molecule has 0 radical (unpaired) electrons. The van der Waals surface area contributed by atoms with E-state index in [1.54, 1.807) is 27.7 Å². The molecule has 0 unspecified atom stereocenters. The third-order valence-corrected chi connectivity index (χ3v) is 6.40. The van der Waals surface area contributed by atoms with Crippen LogP contribution in [0.1, 0.15) is 38.3 Å². The summed E-state index contributed by atoms with van der Waals surface area (Å²) in [7, 11) is -3.80. The Hall–Kier alpha value is -1.65. The zero-order valence-electron chi connectivity index (χ0n) is 15.9. The highest BCUT2D eigenvalue weighted by Crippen LogP contribution is 2.33. The van der Waals surface area contributed by atoms with Gasteiger partial charge in [-0.05, 0) is 44.0 Å². The van der Waals surface area contributed by atoms with E-state index >= 15 is 0 Å². The molecule has 0 aliphatic heterocycles. The van der Waals surface area contributed by atoms with Crippen LogP contribution < -0.4 is 5.32 Å². The fraction of sp³-hybridized carbons (Fsp3) is 0.588. The van der Waals surface area contributed by atoms with Gasteiger partial charge in [-0.1, -0.05) is 13.8 Å². The van der Waals surface area contributed by atoms with Gasteiger partial charge in [0.2, 0.25) is 15.9 Å². The highest BCUT2D eigenvalue weighted by Gasteiger charge is 2.51. The molecule has 154 valence electrons. The van der Waals surface area contributed by atoms with Crippen LogP contribution in [0.2, 0.25) is 0 Å². The van der Waals surface area contributed by atoms with Crippen LogP contribution in [0.5, 0.6) is 0 Å². The summed E-state index contributed by atoms with van der Waals surface area (Å²) in [4.78, 5) is 12.0. The summed E-state index contributed by atoms with van der Waals surface area (Å²) in [5.41, 5.74) is -2.02. The minimum absolute atomic E-state index is 0.0628. The summed E-state index contributed by atoms with van der Waals surface area (Å²) in [6.45, 7) is 7.63. The first-order valence-corrected chi connectivity index (χ1v) is 9.81. The molecule has 1 rings (SSSR count). The monoisotopic (exact) mass is 410 g/mol. The standard InChI is InChI=1S/C17H25F3N2O4S/c1-6-22(7-2)27(25,26)13-8-11(3)12(4)14(9-13)21-15(23)10-16(5,24)17(18,19)20/h8-9,24H,6-7,10H2,1-5H3,(H,21,23)/t16-/m1/s1. The van der Waals surface area contributed by atoms with E-state index in [4.69, 9.17) is 0 Å². The molecule has 1 aromatic rings. The van der Waals surface area contributed by atoms with Crippen molar-refractivity contribution in [3.05, 3.63) is 23.3 Å². The molecule has 0 fully saturated rings. The van der Waals surface area contributed by atoms with Crippen molar-refractivity contribution < 1.29 is 31.5 Å². The SMILES string of the molecule is CCN(CC)S(=O)(=O)c1cc(C)c(C)c(NC(=O)C[C@@](C)(O)C(F)(F)F)c1. The van der Waals surface area contributed by atoms with Gasteiger partial charge in [0.05, 0.1) is 11.3 Å². The highest BCUT2D eigenvalue weighted by atomic mass is 32.2. The number of benzene rings is 1. The van der Waals surface area contributed by atoms with E-state index in [0.29, 0.717) is 18.1 Å². The van der Waals surface area contributed by atoms with Crippen LogP contribution in [0.4, 0.5) is 18.9 Å². The van der Waals surface area contributed by atoms with E-state index in [2.05, 4.69) is 5.32 Å². The summed E-state index contributed by atoms with van der Waals surface area (Å²) in [6, 6.07) is 2.67. The lowest BCUT2D eigenvalue weighted by Gasteiger charge is -2.26. The molecule has 0 aliphatic carbocycles. The van der Waals surface area contributed by atoms with Crippen molar-refractivity contribution in [3.63, 3.8) is 0 Å². The van der Waals surface area contributed by atoms with E-state index in [9.17, 15) is 31.5 Å². The number of carbonyl (C=O) groups is 1. The Morgan fingerprint density at radius 3 is 2.15 bits per heavy atom. The van der Waals surface area contributed by atoms with Crippen LogP contribution in [-0.4, -0.2) is 48.6 Å². The van der Waals surface area contributed by atoms with E-state index in [1.807, 2.05) is 0 Å². The smallest absolute Gasteiger partial charge is 0.380 e. The Morgan fingerprint density at radius 1 is 1.19 bits per heavy atom. The fourth-order valence-electron chi connectivity index (χ4n) is 2.42. The third kappa shape index (κ3) is 5.20. The van der Waals surface area contributed by atoms with Gasteiger partial charge in [-0.2, -0.15) is 17.5 Å². The average Bonchev–Trinajstić information content (AvgIpc) is 2.50. The molecule has 10 heteroatoms. The van der Waals surface area contributed by atoms with Crippen molar-refractivity contribution in [3.8, 4) is 0 Å². The summed E-state index contributed by atoms with van der Waals surface area (Å²) in [5.74, 6) is -1.07. The number of rotatable bonds is 7. The zero-order chi connectivity index (χ0) is 21.2. The molecule has 1 aromatic carbocycles. The minimum atomic E-state index is -4.97. The predicted molar refractivity (Wildman–Crippen MR) is 95.9 cm³/mol. The van der Waals surface area contributed by atoms with Crippen LogP contribution in [-0.2, 0) is 14.8 Å². The van der Waals surface area contributed by atoms with Gasteiger partial charge in [-0.15, -0.1) is 0 Å². The van der Waals surface area contributed by atoms with Crippen LogP contribution in [0.25, 0.3) is 0 Å². The van der Waals surface area contributed by atoms with Gasteiger partial charge < -0.3 is 10.4 Å². The molecule has 0 spiro atoms. The maximum absolute atomic E-state index is 12.7. The summed E-state index contributed by atoms with van der Waals surface area (Å²) < 4.78 is 64.8. The number of halogens is 3. The molecule has 6 nitrogen and oxygen atoms in total. The normalized spacial score (nSPS) is 14.9. The molecule has 1 amide bonds. The molecule has 27 heavy (non-hydrogen) atoms. The molecule has 2 N–H and O–H groups in total. The largest absolute Gasteiger partial charge is 0.417 e. The van der Waals surface area contributed by atoms with Crippen molar-refractivity contribution in [2.75, 3.05) is 18.4 Å². The number of carbonyl (C=O) groups excluding carboxylic acids is 1. The first kappa shape index (κ1) is 23.4. The quantitative estimate of drug-likeness (QED) is 0.724. The molecule has 0 aromatic heterocycles. The van der Waals surface area contributed by atoms with Gasteiger partial charge in [0.1, 0.15) is 0 Å². The second-order valence-electron chi connectivity index (χ2n) is 6.50. The van der Waals surface area contributed by atoms with Crippen molar-refractivity contribution >= 4 is 21.6 Å². The van der Waals surface area contributed by atoms with Crippen molar-refractivity contribution in [2.45, 2.75) is 57.7 Å². The number of anilines is 1. The lowest BCUT2D eigenvalue weighted by atomic mass is 10.0. The van der Waals surface area contributed by atoms with Gasteiger partial charge >= 0.3 is 6.18 Å². The molecular weight excluding hydrogens is 385 g/mol. The predicted octanol–water partition coefficient (Wildman–Crippen LogP) is 2.98. The van der Waals surface area contributed by atoms with Crippen LogP contribution in [0, 0.1) is 13.8 Å².